The molecule has 8 heteroatoms. The Hall–Kier alpha value is -1.54. The average Bonchev–Trinajstić information content (AvgIpc) is 2.87. The molecule has 0 radical (unpaired) electrons. The molecule has 1 aromatic heterocycles. The van der Waals surface area contributed by atoms with Crippen molar-refractivity contribution in [2.24, 2.45) is 5.73 Å². The summed E-state index contributed by atoms with van der Waals surface area (Å²) in [6.45, 7) is -0.672. The molecule has 1 saturated heterocycles. The van der Waals surface area contributed by atoms with Gasteiger partial charge in [-0.05, 0) is 25.9 Å². The molecule has 0 atom stereocenters. The van der Waals surface area contributed by atoms with Crippen LogP contribution in [-0.4, -0.2) is 46.0 Å². The highest BCUT2D eigenvalue weighted by Crippen LogP contribution is 2.18. The van der Waals surface area contributed by atoms with E-state index in [9.17, 15) is 13.6 Å². The number of carbonyl (C=O) groups excluding carboxylic acids is 1. The second-order valence-electron chi connectivity index (χ2n) is 4.88. The van der Waals surface area contributed by atoms with E-state index in [1.165, 1.54) is 12.4 Å². The van der Waals surface area contributed by atoms with E-state index in [1.54, 1.807) is 0 Å². The van der Waals surface area contributed by atoms with Crippen molar-refractivity contribution in [2.45, 2.75) is 32.0 Å². The van der Waals surface area contributed by atoms with Crippen molar-refractivity contribution in [1.82, 2.24) is 19.8 Å². The number of nitrogens with one attached hydrogen (secondary N) is 1. The number of alkyl halides is 2. The summed E-state index contributed by atoms with van der Waals surface area (Å²) in [4.78, 5) is 17.0. The topological polar surface area (TPSA) is 76.2 Å². The predicted molar refractivity (Wildman–Crippen MR) is 69.0 cm³/mol. The molecule has 2 heterocycles. The minimum atomic E-state index is -2.63. The van der Waals surface area contributed by atoms with Crippen LogP contribution in [0, 0.1) is 0 Å². The van der Waals surface area contributed by atoms with Gasteiger partial charge in [-0.3, -0.25) is 14.3 Å². The van der Waals surface area contributed by atoms with Gasteiger partial charge < -0.3 is 11.1 Å². The van der Waals surface area contributed by atoms with Gasteiger partial charge in [-0.15, -0.1) is 0 Å². The van der Waals surface area contributed by atoms with E-state index in [0.29, 0.717) is 0 Å². The summed E-state index contributed by atoms with van der Waals surface area (Å²) < 4.78 is 26.5. The predicted octanol–water partition coefficient (Wildman–Crippen LogP) is 0.317. The fourth-order valence-electron chi connectivity index (χ4n) is 2.51. The summed E-state index contributed by atoms with van der Waals surface area (Å²) in [7, 11) is 0. The zero-order valence-corrected chi connectivity index (χ0v) is 11.1. The van der Waals surface area contributed by atoms with E-state index >= 15 is 0 Å². The number of carbonyl (C=O) groups is 1. The highest BCUT2D eigenvalue weighted by molar-refractivity contribution is 5.75. The number of primary amides is 1. The van der Waals surface area contributed by atoms with E-state index in [-0.39, 0.29) is 25.0 Å². The number of amides is 1. The summed E-state index contributed by atoms with van der Waals surface area (Å²) in [5.41, 5.74) is 5.26. The lowest BCUT2D eigenvalue weighted by Crippen LogP contribution is -2.46. The molecule has 1 fully saturated rings. The number of halogens is 2. The van der Waals surface area contributed by atoms with Crippen molar-refractivity contribution >= 4 is 5.91 Å². The number of aromatic nitrogens is 2. The third kappa shape index (κ3) is 3.73. The van der Waals surface area contributed by atoms with Crippen molar-refractivity contribution in [1.29, 1.82) is 0 Å². The van der Waals surface area contributed by atoms with Crippen LogP contribution in [0.3, 0.4) is 0 Å². The Morgan fingerprint density at radius 1 is 1.55 bits per heavy atom. The van der Waals surface area contributed by atoms with Gasteiger partial charge >= 0.3 is 6.55 Å². The lowest BCUT2D eigenvalue weighted by atomic mass is 10.0. The molecule has 0 aliphatic carbocycles. The third-order valence-electron chi connectivity index (χ3n) is 3.49. The highest BCUT2D eigenvalue weighted by Gasteiger charge is 2.24. The van der Waals surface area contributed by atoms with Gasteiger partial charge in [0.25, 0.3) is 0 Å². The molecular formula is C12H19F2N5O. The minimum absolute atomic E-state index is 0.0563. The largest absolute Gasteiger partial charge is 0.369 e. The first-order chi connectivity index (χ1) is 9.58. The average molecular weight is 287 g/mol. The van der Waals surface area contributed by atoms with Gasteiger partial charge in [-0.2, -0.15) is 8.78 Å². The fraction of sp³-hybridized carbons (Fsp3) is 0.667. The van der Waals surface area contributed by atoms with Gasteiger partial charge in [0, 0.05) is 18.4 Å². The molecule has 20 heavy (non-hydrogen) atoms. The molecule has 2 rings (SSSR count). The first-order valence-electron chi connectivity index (χ1n) is 6.61. The molecule has 0 saturated carbocycles. The molecule has 0 unspecified atom stereocenters. The molecule has 3 N–H and O–H groups in total. The van der Waals surface area contributed by atoms with Gasteiger partial charge in [0.05, 0.1) is 13.1 Å². The van der Waals surface area contributed by atoms with Crippen molar-refractivity contribution in [3.8, 4) is 0 Å². The molecule has 1 aliphatic rings. The second-order valence-corrected chi connectivity index (χ2v) is 4.88. The summed E-state index contributed by atoms with van der Waals surface area (Å²) in [5, 5.41) is 3.23. The Labute approximate surface area is 115 Å². The first-order valence-corrected chi connectivity index (χ1v) is 6.61. The van der Waals surface area contributed by atoms with Crippen LogP contribution >= 0.6 is 0 Å². The molecule has 112 valence electrons. The van der Waals surface area contributed by atoms with Crippen LogP contribution in [0.15, 0.2) is 12.4 Å². The van der Waals surface area contributed by atoms with Crippen molar-refractivity contribution in [3.63, 3.8) is 0 Å². The monoisotopic (exact) mass is 287 g/mol. The zero-order valence-electron chi connectivity index (χ0n) is 11.1. The van der Waals surface area contributed by atoms with Crippen LogP contribution in [0.25, 0.3) is 0 Å². The SMILES string of the molecule is NC(=O)CN(Cc1nccn1C(F)F)C1CCNCC1. The Morgan fingerprint density at radius 3 is 2.85 bits per heavy atom. The number of rotatable bonds is 6. The van der Waals surface area contributed by atoms with Crippen molar-refractivity contribution < 1.29 is 13.6 Å². The van der Waals surface area contributed by atoms with Gasteiger partial charge in [0.1, 0.15) is 5.82 Å². The Balaban J connectivity index is 2.10. The molecule has 6 nitrogen and oxygen atoms in total. The zero-order chi connectivity index (χ0) is 14.5. The summed E-state index contributed by atoms with van der Waals surface area (Å²) in [6, 6.07) is 0.159. The van der Waals surface area contributed by atoms with E-state index in [0.717, 1.165) is 30.5 Å². The quantitative estimate of drug-likeness (QED) is 0.790. The molecule has 0 aromatic carbocycles. The maximum absolute atomic E-state index is 12.8. The number of nitrogens with zero attached hydrogens (tertiary/aromatic N) is 3. The normalized spacial score (nSPS) is 17.0. The lowest BCUT2D eigenvalue weighted by molar-refractivity contribution is -0.120. The van der Waals surface area contributed by atoms with Crippen LogP contribution in [0.4, 0.5) is 8.78 Å². The van der Waals surface area contributed by atoms with E-state index in [1.807, 2.05) is 4.90 Å². The maximum atomic E-state index is 12.8. The van der Waals surface area contributed by atoms with Gasteiger partial charge in [0.15, 0.2) is 0 Å². The standard InChI is InChI=1S/C12H19F2N5O/c13-12(14)19-6-5-17-11(19)8-18(7-10(15)20)9-1-3-16-4-2-9/h5-6,9,12,16H,1-4,7-8H2,(H2,15,20). The van der Waals surface area contributed by atoms with Gasteiger partial charge in [0.2, 0.25) is 5.91 Å². The van der Waals surface area contributed by atoms with Crippen LogP contribution < -0.4 is 11.1 Å². The van der Waals surface area contributed by atoms with Crippen LogP contribution in [0.2, 0.25) is 0 Å². The molecule has 1 amide bonds. The summed E-state index contributed by atoms with van der Waals surface area (Å²) in [5.74, 6) is -0.210. The van der Waals surface area contributed by atoms with Crippen molar-refractivity contribution in [3.05, 3.63) is 18.2 Å². The second kappa shape index (κ2) is 6.76. The first kappa shape index (κ1) is 14.9. The molecular weight excluding hydrogens is 268 g/mol. The van der Waals surface area contributed by atoms with E-state index in [2.05, 4.69) is 10.3 Å². The van der Waals surface area contributed by atoms with E-state index in [4.69, 9.17) is 5.73 Å². The Morgan fingerprint density at radius 2 is 2.25 bits per heavy atom. The number of nitrogens with two attached hydrogens (primary N) is 1. The van der Waals surface area contributed by atoms with Crippen molar-refractivity contribution in [2.75, 3.05) is 19.6 Å². The van der Waals surface area contributed by atoms with Gasteiger partial charge in [-0.1, -0.05) is 0 Å². The summed E-state index contributed by atoms with van der Waals surface area (Å²) in [6.07, 6.45) is 4.31. The molecule has 0 bridgehead atoms. The van der Waals surface area contributed by atoms with Crippen LogP contribution in [0.1, 0.15) is 25.2 Å². The van der Waals surface area contributed by atoms with E-state index < -0.39 is 12.5 Å². The third-order valence-corrected chi connectivity index (χ3v) is 3.49. The highest BCUT2D eigenvalue weighted by atomic mass is 19.3. The van der Waals surface area contributed by atoms with Crippen LogP contribution in [0.5, 0.6) is 0 Å². The molecule has 0 spiro atoms. The maximum Gasteiger partial charge on any atom is 0.319 e. The fourth-order valence-corrected chi connectivity index (χ4v) is 2.51. The number of piperidine rings is 1. The smallest absolute Gasteiger partial charge is 0.319 e. The van der Waals surface area contributed by atoms with Crippen LogP contribution in [-0.2, 0) is 11.3 Å². The summed E-state index contributed by atoms with van der Waals surface area (Å²) >= 11 is 0. The minimum Gasteiger partial charge on any atom is -0.369 e. The molecule has 1 aliphatic heterocycles. The number of imidazole rings is 1. The number of hydrogen-bond donors (Lipinski definition) is 2. The van der Waals surface area contributed by atoms with Gasteiger partial charge in [-0.25, -0.2) is 4.98 Å². The number of hydrogen-bond acceptors (Lipinski definition) is 4. The lowest BCUT2D eigenvalue weighted by Gasteiger charge is -2.33. The Kier molecular flexibility index (Phi) is 5.02. The molecule has 1 aromatic rings. The Bertz CT molecular complexity index is 445.